The molecule has 6 heteroatoms. The number of ether oxygens (including phenoxy) is 1. The minimum absolute atomic E-state index is 0.179. The number of fused-ring (bicyclic) bond motifs is 1. The summed E-state index contributed by atoms with van der Waals surface area (Å²) in [6, 6.07) is 5.96. The van der Waals surface area contributed by atoms with Gasteiger partial charge in [-0.25, -0.2) is 4.98 Å². The van der Waals surface area contributed by atoms with Crippen LogP contribution < -0.4 is 4.74 Å². The van der Waals surface area contributed by atoms with E-state index >= 15 is 0 Å². The summed E-state index contributed by atoms with van der Waals surface area (Å²) >= 11 is 1.81. The summed E-state index contributed by atoms with van der Waals surface area (Å²) in [5.74, 6) is 1.55. The molecule has 2 aromatic heterocycles. The molecule has 180 valence electrons. The number of carbonyl (C=O) groups excluding carboxylic acids is 1. The third-order valence-electron chi connectivity index (χ3n) is 6.72. The summed E-state index contributed by atoms with van der Waals surface area (Å²) in [4.78, 5) is 21.1. The molecule has 0 amide bonds. The van der Waals surface area contributed by atoms with E-state index in [1.165, 1.54) is 9.88 Å². The molecule has 1 fully saturated rings. The lowest BCUT2D eigenvalue weighted by atomic mass is 9.97. The van der Waals surface area contributed by atoms with E-state index in [1.54, 1.807) is 7.11 Å². The van der Waals surface area contributed by atoms with Crippen molar-refractivity contribution in [2.75, 3.05) is 26.7 Å². The highest BCUT2D eigenvalue weighted by Crippen LogP contribution is 2.34. The molecule has 1 aromatic carbocycles. The van der Waals surface area contributed by atoms with Gasteiger partial charge in [-0.2, -0.15) is 0 Å². The van der Waals surface area contributed by atoms with E-state index in [9.17, 15) is 4.79 Å². The zero-order chi connectivity index (χ0) is 24.1. The van der Waals surface area contributed by atoms with Gasteiger partial charge in [-0.15, -0.1) is 11.3 Å². The summed E-state index contributed by atoms with van der Waals surface area (Å²) in [6.45, 7) is 12.0. The molecule has 3 heterocycles. The molecule has 4 rings (SSSR count). The molecule has 0 aliphatic carbocycles. The summed E-state index contributed by atoms with van der Waals surface area (Å²) in [7, 11) is 1.69. The van der Waals surface area contributed by atoms with Crippen LogP contribution in [-0.4, -0.2) is 47.0 Å². The fourth-order valence-electron chi connectivity index (χ4n) is 4.90. The number of benzene rings is 1. The molecule has 0 radical (unpaired) electrons. The molecule has 0 atom stereocenters. The van der Waals surface area contributed by atoms with Gasteiger partial charge in [0.25, 0.3) is 0 Å². The Kier molecular flexibility index (Phi) is 8.01. The normalized spacial score (nSPS) is 15.4. The van der Waals surface area contributed by atoms with Crippen LogP contribution in [0.25, 0.3) is 23.1 Å². The Morgan fingerprint density at radius 1 is 1.29 bits per heavy atom. The van der Waals surface area contributed by atoms with Gasteiger partial charge >= 0.3 is 0 Å². The number of rotatable bonds is 10. The standard InChI is InChI=1S/C28H35N3O2S/c1-5-10-26-23(6-2)29-28(34-26)20-13-17-30(18-14-20)15-9-16-31-19-22(24(32)7-3)21-11-8-12-25(33-4)27(21)31/h5-6,8,10-12,19-20H,2,7,9,13-18H2,1,3-4H3/b10-5-. The van der Waals surface area contributed by atoms with E-state index in [1.807, 2.05) is 55.7 Å². The highest BCUT2D eigenvalue weighted by atomic mass is 32.1. The Bertz CT molecular complexity index is 1180. The number of methoxy groups -OCH3 is 1. The van der Waals surface area contributed by atoms with Crippen molar-refractivity contribution in [1.82, 2.24) is 14.5 Å². The molecule has 0 spiro atoms. The molecule has 1 aliphatic heterocycles. The number of nitrogens with zero attached hydrogens (tertiary/aromatic N) is 3. The summed E-state index contributed by atoms with van der Waals surface area (Å²) < 4.78 is 7.83. The maximum absolute atomic E-state index is 12.5. The fourth-order valence-corrected chi connectivity index (χ4v) is 6.11. The van der Waals surface area contributed by atoms with Crippen molar-refractivity contribution in [2.24, 2.45) is 0 Å². The molecular formula is C28H35N3O2S. The number of ketones is 1. The molecule has 0 unspecified atom stereocenters. The maximum atomic E-state index is 12.5. The first-order chi connectivity index (χ1) is 16.6. The molecule has 0 bridgehead atoms. The SMILES string of the molecule is C=Cc1nc(C2CCN(CCCn3cc(C(=O)CC)c4cccc(OC)c43)CC2)sc1/C=C\C. The van der Waals surface area contributed by atoms with Crippen LogP contribution in [0.4, 0.5) is 0 Å². The van der Waals surface area contributed by atoms with Crippen molar-refractivity contribution >= 4 is 40.2 Å². The Morgan fingerprint density at radius 3 is 2.76 bits per heavy atom. The number of piperidine rings is 1. The van der Waals surface area contributed by atoms with Gasteiger partial charge in [0.15, 0.2) is 5.78 Å². The number of likely N-dealkylation sites (tertiary alicyclic amines) is 1. The number of hydrogen-bond acceptors (Lipinski definition) is 5. The first-order valence-corrected chi connectivity index (χ1v) is 13.1. The molecule has 0 N–H and O–H groups in total. The van der Waals surface area contributed by atoms with Gasteiger partial charge in [-0.3, -0.25) is 4.79 Å². The zero-order valence-electron chi connectivity index (χ0n) is 20.5. The lowest BCUT2D eigenvalue weighted by Gasteiger charge is -2.31. The van der Waals surface area contributed by atoms with Crippen LogP contribution in [-0.2, 0) is 6.54 Å². The van der Waals surface area contributed by atoms with Gasteiger partial charge in [0, 0.05) is 36.0 Å². The quantitative estimate of drug-likeness (QED) is 0.307. The number of hydrogen-bond donors (Lipinski definition) is 0. The minimum Gasteiger partial charge on any atom is -0.495 e. The molecule has 0 saturated carbocycles. The number of thiazole rings is 1. The first-order valence-electron chi connectivity index (χ1n) is 12.3. The van der Waals surface area contributed by atoms with Crippen LogP contribution in [0.3, 0.4) is 0 Å². The predicted octanol–water partition coefficient (Wildman–Crippen LogP) is 6.64. The Labute approximate surface area is 206 Å². The smallest absolute Gasteiger partial charge is 0.164 e. The van der Waals surface area contributed by atoms with E-state index in [4.69, 9.17) is 9.72 Å². The van der Waals surface area contributed by atoms with Gasteiger partial charge in [0.2, 0.25) is 0 Å². The minimum atomic E-state index is 0.179. The Hall–Kier alpha value is -2.70. The van der Waals surface area contributed by atoms with Crippen LogP contribution in [0.15, 0.2) is 37.1 Å². The summed E-state index contributed by atoms with van der Waals surface area (Å²) in [5, 5.41) is 2.24. The van der Waals surface area contributed by atoms with E-state index < -0.39 is 0 Å². The van der Waals surface area contributed by atoms with Gasteiger partial charge in [-0.05, 0) is 64.0 Å². The molecule has 1 aliphatic rings. The number of allylic oxidation sites excluding steroid dienone is 1. The number of aryl methyl sites for hydroxylation is 1. The van der Waals surface area contributed by atoms with Crippen LogP contribution in [0.1, 0.15) is 71.4 Å². The second-order valence-corrected chi connectivity index (χ2v) is 9.91. The van der Waals surface area contributed by atoms with Gasteiger partial charge < -0.3 is 14.2 Å². The highest BCUT2D eigenvalue weighted by molar-refractivity contribution is 7.12. The molecular weight excluding hydrogens is 442 g/mol. The fraction of sp³-hybridized carbons (Fsp3) is 0.429. The third kappa shape index (κ3) is 5.03. The zero-order valence-corrected chi connectivity index (χ0v) is 21.4. The van der Waals surface area contributed by atoms with Crippen molar-refractivity contribution in [2.45, 2.75) is 52.0 Å². The van der Waals surface area contributed by atoms with Crippen molar-refractivity contribution in [3.05, 3.63) is 58.2 Å². The molecule has 3 aromatic rings. The van der Waals surface area contributed by atoms with E-state index in [0.29, 0.717) is 12.3 Å². The maximum Gasteiger partial charge on any atom is 0.164 e. The van der Waals surface area contributed by atoms with Crippen molar-refractivity contribution in [3.63, 3.8) is 0 Å². The summed E-state index contributed by atoms with van der Waals surface area (Å²) in [6.07, 6.45) is 11.9. The van der Waals surface area contributed by atoms with Gasteiger partial charge in [0.05, 0.1) is 28.2 Å². The number of carbonyl (C=O) groups is 1. The Balaban J connectivity index is 1.37. The lowest BCUT2D eigenvalue weighted by molar-refractivity contribution is 0.0989. The number of para-hydroxylation sites is 1. The van der Waals surface area contributed by atoms with Gasteiger partial charge in [-0.1, -0.05) is 31.7 Å². The number of Topliss-reactive ketones (excluding diaryl/α,β-unsaturated/α-hetero) is 1. The lowest BCUT2D eigenvalue weighted by Crippen LogP contribution is -2.34. The average molecular weight is 478 g/mol. The third-order valence-corrected chi connectivity index (χ3v) is 7.92. The van der Waals surface area contributed by atoms with E-state index in [-0.39, 0.29) is 5.78 Å². The van der Waals surface area contributed by atoms with Crippen molar-refractivity contribution in [3.8, 4) is 5.75 Å². The van der Waals surface area contributed by atoms with Gasteiger partial charge in [0.1, 0.15) is 5.75 Å². The molecule has 1 saturated heterocycles. The topological polar surface area (TPSA) is 47.4 Å². The second kappa shape index (κ2) is 11.2. The summed E-state index contributed by atoms with van der Waals surface area (Å²) in [5.41, 5.74) is 2.84. The van der Waals surface area contributed by atoms with Crippen LogP contribution in [0, 0.1) is 0 Å². The Morgan fingerprint density at radius 2 is 2.09 bits per heavy atom. The first kappa shape index (κ1) is 24.4. The largest absolute Gasteiger partial charge is 0.495 e. The van der Waals surface area contributed by atoms with E-state index in [0.717, 1.165) is 73.4 Å². The second-order valence-electron chi connectivity index (χ2n) is 8.84. The van der Waals surface area contributed by atoms with E-state index in [2.05, 4.69) is 28.2 Å². The monoisotopic (exact) mass is 477 g/mol. The highest BCUT2D eigenvalue weighted by Gasteiger charge is 2.24. The van der Waals surface area contributed by atoms with Crippen molar-refractivity contribution < 1.29 is 9.53 Å². The average Bonchev–Trinajstić information content (AvgIpc) is 3.46. The molecule has 34 heavy (non-hydrogen) atoms. The molecule has 5 nitrogen and oxygen atoms in total. The van der Waals surface area contributed by atoms with Crippen LogP contribution >= 0.6 is 11.3 Å². The van der Waals surface area contributed by atoms with Crippen LogP contribution in [0.2, 0.25) is 0 Å². The van der Waals surface area contributed by atoms with Crippen molar-refractivity contribution in [1.29, 1.82) is 0 Å². The predicted molar refractivity (Wildman–Crippen MR) is 143 cm³/mol. The van der Waals surface area contributed by atoms with Crippen LogP contribution in [0.5, 0.6) is 5.75 Å². The number of aromatic nitrogens is 2.